The molecular formula is C13H15F3N3OS+. The quantitative estimate of drug-likeness (QED) is 0.526. The van der Waals surface area contributed by atoms with Crippen LogP contribution < -0.4 is 0 Å². The highest BCUT2D eigenvalue weighted by molar-refractivity contribution is 7.78. The van der Waals surface area contributed by atoms with Crippen LogP contribution in [0.5, 0.6) is 0 Å². The summed E-state index contributed by atoms with van der Waals surface area (Å²) in [5, 5.41) is 9.17. The second-order valence-corrected chi connectivity index (χ2v) is 6.33. The Morgan fingerprint density at radius 1 is 1.52 bits per heavy atom. The fourth-order valence-electron chi connectivity index (χ4n) is 2.12. The van der Waals surface area contributed by atoms with Gasteiger partial charge in [0.25, 0.3) is 0 Å². The second kappa shape index (κ2) is 6.12. The van der Waals surface area contributed by atoms with Crippen molar-refractivity contribution in [1.82, 2.24) is 4.98 Å². The summed E-state index contributed by atoms with van der Waals surface area (Å²) in [5.74, 6) is 0.455. The molecule has 2 unspecified atom stereocenters. The second-order valence-electron chi connectivity index (χ2n) is 5.04. The molecular weight excluding hydrogens is 303 g/mol. The topological polar surface area (TPSA) is 59.9 Å². The lowest BCUT2D eigenvalue weighted by atomic mass is 10.0. The van der Waals surface area contributed by atoms with E-state index in [1.165, 1.54) is 16.3 Å². The zero-order chi connectivity index (χ0) is 15.6. The van der Waals surface area contributed by atoms with Gasteiger partial charge in [0.2, 0.25) is 0 Å². The maximum Gasteiger partial charge on any atom is 0.468 e. The third kappa shape index (κ3) is 4.02. The number of rotatable bonds is 4. The maximum atomic E-state index is 12.5. The van der Waals surface area contributed by atoms with Gasteiger partial charge in [-0.3, -0.25) is 4.98 Å². The molecule has 1 aromatic rings. The molecule has 1 aliphatic carbocycles. The van der Waals surface area contributed by atoms with Crippen molar-refractivity contribution in [3.8, 4) is 6.19 Å². The van der Waals surface area contributed by atoms with Crippen molar-refractivity contribution in [1.29, 1.82) is 5.26 Å². The van der Waals surface area contributed by atoms with Crippen molar-refractivity contribution in [3.05, 3.63) is 29.6 Å². The highest BCUT2D eigenvalue weighted by Gasteiger charge is 2.35. The SMILES string of the molecule is CS(O)=[N+](C#N)C(CC1CC1)c1ccc(C(F)(F)F)nc1. The Labute approximate surface area is 123 Å². The average Bonchev–Trinajstić information content (AvgIpc) is 3.21. The highest BCUT2D eigenvalue weighted by atomic mass is 32.2. The predicted molar refractivity (Wildman–Crippen MR) is 71.1 cm³/mol. The zero-order valence-electron chi connectivity index (χ0n) is 11.3. The smallest absolute Gasteiger partial charge is 0.306 e. The highest BCUT2D eigenvalue weighted by Crippen LogP contribution is 2.39. The minimum absolute atomic E-state index is 0.435. The van der Waals surface area contributed by atoms with Gasteiger partial charge in [-0.05, 0) is 18.4 Å². The Balaban J connectivity index is 2.33. The molecule has 21 heavy (non-hydrogen) atoms. The van der Waals surface area contributed by atoms with Gasteiger partial charge in [-0.1, -0.05) is 18.9 Å². The van der Waals surface area contributed by atoms with E-state index in [0.717, 1.165) is 25.1 Å². The summed E-state index contributed by atoms with van der Waals surface area (Å²) in [5.41, 5.74) is -0.440. The van der Waals surface area contributed by atoms with E-state index in [0.29, 0.717) is 17.9 Å². The van der Waals surface area contributed by atoms with Gasteiger partial charge >= 0.3 is 12.4 Å². The Morgan fingerprint density at radius 2 is 2.19 bits per heavy atom. The van der Waals surface area contributed by atoms with Crippen LogP contribution >= 0.6 is 0 Å². The molecule has 0 aromatic carbocycles. The lowest BCUT2D eigenvalue weighted by Gasteiger charge is -2.15. The van der Waals surface area contributed by atoms with Crippen molar-refractivity contribution in [2.24, 2.45) is 5.92 Å². The Kier molecular flexibility index (Phi) is 4.64. The van der Waals surface area contributed by atoms with Crippen molar-refractivity contribution in [3.63, 3.8) is 0 Å². The molecule has 0 bridgehead atoms. The first-order chi connectivity index (χ1) is 9.82. The molecule has 0 aliphatic heterocycles. The van der Waals surface area contributed by atoms with Crippen LogP contribution in [0.4, 0.5) is 13.2 Å². The zero-order valence-corrected chi connectivity index (χ0v) is 12.2. The van der Waals surface area contributed by atoms with Crippen molar-refractivity contribution < 1.29 is 21.7 Å². The van der Waals surface area contributed by atoms with Crippen LogP contribution in [0.1, 0.15) is 36.6 Å². The normalized spacial score (nSPS) is 18.8. The van der Waals surface area contributed by atoms with Gasteiger partial charge in [0.1, 0.15) is 22.7 Å². The molecule has 8 heteroatoms. The van der Waals surface area contributed by atoms with E-state index >= 15 is 0 Å². The summed E-state index contributed by atoms with van der Waals surface area (Å²) < 4.78 is 48.5. The summed E-state index contributed by atoms with van der Waals surface area (Å²) in [7, 11) is -1.27. The Morgan fingerprint density at radius 3 is 2.57 bits per heavy atom. The Hall–Kier alpha value is -1.46. The summed E-state index contributed by atoms with van der Waals surface area (Å²) in [6, 6.07) is 1.81. The monoisotopic (exact) mass is 318 g/mol. The molecule has 2 rings (SSSR count). The molecule has 1 aliphatic rings. The summed E-state index contributed by atoms with van der Waals surface area (Å²) in [4.78, 5) is 3.43. The molecule has 1 saturated carbocycles. The number of aromatic nitrogens is 1. The first kappa shape index (κ1) is 15.9. The summed E-state index contributed by atoms with van der Waals surface area (Å²) >= 11 is 0. The van der Waals surface area contributed by atoms with E-state index in [2.05, 4.69) is 4.98 Å². The van der Waals surface area contributed by atoms with Crippen LogP contribution in [0.3, 0.4) is 0 Å². The van der Waals surface area contributed by atoms with Crippen molar-refractivity contribution in [2.75, 3.05) is 6.26 Å². The van der Waals surface area contributed by atoms with Gasteiger partial charge in [0, 0.05) is 18.0 Å². The van der Waals surface area contributed by atoms with E-state index in [4.69, 9.17) is 5.26 Å². The standard InChI is InChI=1S/C13H14F3N3OS/c1-21(20)19(8-17)11(6-9-2-3-9)10-4-5-12(18-7-10)13(14,15)16/h4-5,7,9,11H,2-3,6H2,1H3/p+1. The van der Waals surface area contributed by atoms with Crippen LogP contribution in [-0.2, 0) is 17.1 Å². The van der Waals surface area contributed by atoms with Gasteiger partial charge in [0.05, 0.1) is 0 Å². The average molecular weight is 318 g/mol. The van der Waals surface area contributed by atoms with E-state index in [1.807, 2.05) is 6.19 Å². The number of alkyl halides is 3. The van der Waals surface area contributed by atoms with Crippen LogP contribution in [0.15, 0.2) is 18.3 Å². The van der Waals surface area contributed by atoms with E-state index < -0.39 is 28.9 Å². The van der Waals surface area contributed by atoms with Crippen molar-refractivity contribution in [2.45, 2.75) is 31.5 Å². The molecule has 1 N–H and O–H groups in total. The molecule has 0 amide bonds. The molecule has 2 atom stereocenters. The van der Waals surface area contributed by atoms with Crippen LogP contribution in [0, 0.1) is 17.4 Å². The van der Waals surface area contributed by atoms with Gasteiger partial charge in [-0.25, -0.2) is 0 Å². The molecule has 0 spiro atoms. The van der Waals surface area contributed by atoms with Gasteiger partial charge in [-0.15, -0.1) is 3.95 Å². The number of hydrogen-bond donors (Lipinski definition) is 1. The largest absolute Gasteiger partial charge is 0.468 e. The fraction of sp³-hybridized carbons (Fsp3) is 0.538. The lowest BCUT2D eigenvalue weighted by molar-refractivity contribution is -0.470. The third-order valence-corrected chi connectivity index (χ3v) is 4.29. The molecule has 0 saturated heterocycles. The number of halogens is 3. The minimum Gasteiger partial charge on any atom is -0.306 e. The first-order valence-corrected chi connectivity index (χ1v) is 7.95. The van der Waals surface area contributed by atoms with Crippen LogP contribution in [0.25, 0.3) is 0 Å². The molecule has 1 heterocycles. The van der Waals surface area contributed by atoms with Gasteiger partial charge in [0.15, 0.2) is 5.26 Å². The maximum absolute atomic E-state index is 12.5. The molecule has 1 fully saturated rings. The molecule has 114 valence electrons. The fourth-order valence-corrected chi connectivity index (χ4v) is 2.81. The number of hydrogen-bond acceptors (Lipinski definition) is 2. The molecule has 0 radical (unpaired) electrons. The molecule has 4 nitrogen and oxygen atoms in total. The van der Waals surface area contributed by atoms with Gasteiger partial charge < -0.3 is 4.55 Å². The number of nitrogens with zero attached hydrogens (tertiary/aromatic N) is 3. The van der Waals surface area contributed by atoms with Gasteiger partial charge in [-0.2, -0.15) is 13.2 Å². The summed E-state index contributed by atoms with van der Waals surface area (Å²) in [6.45, 7) is 0. The van der Waals surface area contributed by atoms with Crippen LogP contribution in [-0.4, -0.2) is 19.7 Å². The van der Waals surface area contributed by atoms with E-state index in [-0.39, 0.29) is 0 Å². The summed E-state index contributed by atoms with van der Waals surface area (Å²) in [6.07, 6.45) is 2.81. The molecule has 1 aromatic heterocycles. The Bertz CT molecular complexity index is 584. The predicted octanol–water partition coefficient (Wildman–Crippen LogP) is 3.34. The third-order valence-electron chi connectivity index (χ3n) is 3.38. The number of pyridine rings is 1. The first-order valence-electron chi connectivity index (χ1n) is 6.40. The lowest BCUT2D eigenvalue weighted by Crippen LogP contribution is -2.19. The van der Waals surface area contributed by atoms with E-state index in [1.54, 1.807) is 0 Å². The van der Waals surface area contributed by atoms with Crippen molar-refractivity contribution >= 4 is 11.0 Å². The van der Waals surface area contributed by atoms with E-state index in [9.17, 15) is 17.7 Å². The number of nitriles is 1. The minimum atomic E-state index is -4.48. The van der Waals surface area contributed by atoms with Crippen LogP contribution in [0.2, 0.25) is 0 Å².